The van der Waals surface area contributed by atoms with Gasteiger partial charge in [0.25, 0.3) is 0 Å². The van der Waals surface area contributed by atoms with Gasteiger partial charge in [-0.05, 0) is 50.2 Å². The van der Waals surface area contributed by atoms with Crippen LogP contribution in [0.1, 0.15) is 35.4 Å². The summed E-state index contributed by atoms with van der Waals surface area (Å²) in [4.78, 5) is 11.5. The number of hydrogen-bond donors (Lipinski definition) is 0. The highest BCUT2D eigenvalue weighted by Gasteiger charge is 2.20. The fourth-order valence-corrected chi connectivity index (χ4v) is 3.59. The maximum Gasteiger partial charge on any atom is 0.373 e. The van der Waals surface area contributed by atoms with E-state index in [9.17, 15) is 4.79 Å². The second-order valence-electron chi connectivity index (χ2n) is 5.51. The Balaban J connectivity index is 1.82. The Kier molecular flexibility index (Phi) is 5.68. The summed E-state index contributed by atoms with van der Waals surface area (Å²) in [6, 6.07) is 10.9. The van der Waals surface area contributed by atoms with Gasteiger partial charge in [-0.25, -0.2) is 4.79 Å². The predicted octanol–water partition coefficient (Wildman–Crippen LogP) is 4.85. The van der Waals surface area contributed by atoms with E-state index in [0.717, 1.165) is 23.1 Å². The first-order valence-corrected chi connectivity index (χ1v) is 9.33. The van der Waals surface area contributed by atoms with Gasteiger partial charge in [-0.2, -0.15) is 0 Å². The first kappa shape index (κ1) is 18.5. The lowest BCUT2D eigenvalue weighted by Gasteiger charge is -2.10. The van der Waals surface area contributed by atoms with Crippen LogP contribution in [0.3, 0.4) is 0 Å². The zero-order valence-electron chi connectivity index (χ0n) is 14.6. The zero-order valence-corrected chi connectivity index (χ0v) is 16.2. The van der Waals surface area contributed by atoms with Crippen LogP contribution in [-0.4, -0.2) is 27.8 Å². The summed E-state index contributed by atoms with van der Waals surface area (Å²) in [7, 11) is 1.32. The third kappa shape index (κ3) is 3.78. The van der Waals surface area contributed by atoms with Crippen LogP contribution >= 0.6 is 23.4 Å². The lowest BCUT2D eigenvalue weighted by atomic mass is 10.2. The van der Waals surface area contributed by atoms with Crippen molar-refractivity contribution in [3.05, 3.63) is 52.9 Å². The van der Waals surface area contributed by atoms with E-state index in [-0.39, 0.29) is 11.0 Å². The molecule has 1 unspecified atom stereocenters. The van der Waals surface area contributed by atoms with Crippen LogP contribution in [0.15, 0.2) is 46.0 Å². The van der Waals surface area contributed by atoms with Crippen LogP contribution in [0.25, 0.3) is 11.4 Å². The Morgan fingerprint density at radius 2 is 2.00 bits per heavy atom. The molecule has 0 fully saturated rings. The van der Waals surface area contributed by atoms with Crippen molar-refractivity contribution >= 4 is 29.3 Å². The normalized spacial score (nSPS) is 12.2. The summed E-state index contributed by atoms with van der Waals surface area (Å²) in [6.07, 6.45) is 0. The molecule has 2 aromatic heterocycles. The van der Waals surface area contributed by atoms with Crippen LogP contribution in [-0.2, 0) is 11.3 Å². The Labute approximate surface area is 160 Å². The third-order valence-electron chi connectivity index (χ3n) is 3.83. The average Bonchev–Trinajstić information content (AvgIpc) is 3.29. The molecule has 0 saturated heterocycles. The van der Waals surface area contributed by atoms with Gasteiger partial charge < -0.3 is 13.7 Å². The van der Waals surface area contributed by atoms with E-state index < -0.39 is 5.97 Å². The van der Waals surface area contributed by atoms with Crippen molar-refractivity contribution in [3.63, 3.8) is 0 Å². The van der Waals surface area contributed by atoms with Gasteiger partial charge in [-0.3, -0.25) is 0 Å². The lowest BCUT2D eigenvalue weighted by molar-refractivity contribution is 0.0563. The molecule has 0 radical (unpaired) electrons. The van der Waals surface area contributed by atoms with Crippen molar-refractivity contribution in [1.82, 2.24) is 14.8 Å². The minimum absolute atomic E-state index is 0.0408. The van der Waals surface area contributed by atoms with E-state index in [1.165, 1.54) is 18.9 Å². The SMILES string of the molecule is CCn1c(SC(C)c2ccc(C(=O)OC)o2)nnc1-c1ccc(Cl)cc1. The number of rotatable bonds is 6. The predicted molar refractivity (Wildman–Crippen MR) is 100 cm³/mol. The van der Waals surface area contributed by atoms with Gasteiger partial charge >= 0.3 is 5.97 Å². The average molecular weight is 392 g/mol. The number of halogens is 1. The van der Waals surface area contributed by atoms with E-state index in [4.69, 9.17) is 16.0 Å². The maximum absolute atomic E-state index is 11.5. The number of hydrogen-bond acceptors (Lipinski definition) is 6. The third-order valence-corrected chi connectivity index (χ3v) is 5.18. The molecule has 26 heavy (non-hydrogen) atoms. The van der Waals surface area contributed by atoms with Crippen LogP contribution in [0.5, 0.6) is 0 Å². The number of nitrogens with zero attached hydrogens (tertiary/aromatic N) is 3. The first-order chi connectivity index (χ1) is 12.5. The number of thioether (sulfide) groups is 1. The van der Waals surface area contributed by atoms with E-state index in [0.29, 0.717) is 10.8 Å². The molecule has 0 aliphatic rings. The van der Waals surface area contributed by atoms with Crippen LogP contribution in [0.2, 0.25) is 5.02 Å². The van der Waals surface area contributed by atoms with Crippen molar-refractivity contribution in [2.75, 3.05) is 7.11 Å². The van der Waals surface area contributed by atoms with Crippen molar-refractivity contribution < 1.29 is 13.9 Å². The molecule has 0 bridgehead atoms. The number of carbonyl (C=O) groups is 1. The molecule has 8 heteroatoms. The number of methoxy groups -OCH3 is 1. The number of furan rings is 1. The number of ether oxygens (including phenoxy) is 1. The molecule has 3 aromatic rings. The van der Waals surface area contributed by atoms with Crippen molar-refractivity contribution in [3.8, 4) is 11.4 Å². The van der Waals surface area contributed by atoms with Crippen LogP contribution in [0.4, 0.5) is 0 Å². The number of aromatic nitrogens is 3. The molecule has 1 atom stereocenters. The van der Waals surface area contributed by atoms with E-state index in [1.54, 1.807) is 12.1 Å². The molecule has 2 heterocycles. The molecule has 1 aromatic carbocycles. The van der Waals surface area contributed by atoms with E-state index in [2.05, 4.69) is 14.9 Å². The zero-order chi connectivity index (χ0) is 18.7. The Bertz CT molecular complexity index is 905. The smallest absolute Gasteiger partial charge is 0.373 e. The summed E-state index contributed by atoms with van der Waals surface area (Å²) in [6.45, 7) is 4.76. The molecular formula is C18H18ClN3O3S. The summed E-state index contributed by atoms with van der Waals surface area (Å²) in [5, 5.41) is 10.1. The van der Waals surface area contributed by atoms with E-state index >= 15 is 0 Å². The van der Waals surface area contributed by atoms with Gasteiger partial charge in [-0.15, -0.1) is 10.2 Å². The molecule has 0 N–H and O–H groups in total. The molecule has 0 amide bonds. The van der Waals surface area contributed by atoms with Crippen molar-refractivity contribution in [1.29, 1.82) is 0 Å². The van der Waals surface area contributed by atoms with Gasteiger partial charge in [0.05, 0.1) is 12.4 Å². The number of benzene rings is 1. The molecule has 0 spiro atoms. The quantitative estimate of drug-likeness (QED) is 0.441. The molecule has 3 rings (SSSR count). The summed E-state index contributed by atoms with van der Waals surface area (Å²) in [5.74, 6) is 1.16. The second kappa shape index (κ2) is 7.97. The largest absolute Gasteiger partial charge is 0.463 e. The van der Waals surface area contributed by atoms with Gasteiger partial charge in [0, 0.05) is 17.1 Å². The maximum atomic E-state index is 11.5. The molecular weight excluding hydrogens is 374 g/mol. The van der Waals surface area contributed by atoms with E-state index in [1.807, 2.05) is 42.7 Å². The fourth-order valence-electron chi connectivity index (χ4n) is 2.47. The second-order valence-corrected chi connectivity index (χ2v) is 7.26. The minimum Gasteiger partial charge on any atom is -0.463 e. The lowest BCUT2D eigenvalue weighted by Crippen LogP contribution is -2.01. The van der Waals surface area contributed by atoms with Crippen molar-refractivity contribution in [2.45, 2.75) is 30.8 Å². The Hall–Kier alpha value is -2.25. The molecule has 0 aliphatic heterocycles. The monoisotopic (exact) mass is 391 g/mol. The summed E-state index contributed by atoms with van der Waals surface area (Å²) < 4.78 is 12.3. The van der Waals surface area contributed by atoms with Crippen LogP contribution < -0.4 is 0 Å². The number of esters is 1. The Morgan fingerprint density at radius 1 is 1.27 bits per heavy atom. The summed E-state index contributed by atoms with van der Waals surface area (Å²) in [5.41, 5.74) is 0.953. The highest BCUT2D eigenvalue weighted by molar-refractivity contribution is 7.99. The fraction of sp³-hybridized carbons (Fsp3) is 0.278. The van der Waals surface area contributed by atoms with Crippen LogP contribution in [0, 0.1) is 0 Å². The molecule has 0 saturated carbocycles. The Morgan fingerprint density at radius 3 is 2.65 bits per heavy atom. The van der Waals surface area contributed by atoms with Gasteiger partial charge in [0.2, 0.25) is 5.76 Å². The topological polar surface area (TPSA) is 70.2 Å². The standard InChI is InChI=1S/C18H18ClN3O3S/c1-4-22-16(12-5-7-13(19)8-6-12)20-21-18(22)26-11(2)14-9-10-15(25-14)17(23)24-3/h5-11H,4H2,1-3H3. The van der Waals surface area contributed by atoms with Gasteiger partial charge in [0.1, 0.15) is 5.76 Å². The van der Waals surface area contributed by atoms with Gasteiger partial charge in [-0.1, -0.05) is 23.4 Å². The number of carbonyl (C=O) groups excluding carboxylic acids is 1. The molecule has 0 aliphatic carbocycles. The molecule has 136 valence electrons. The highest BCUT2D eigenvalue weighted by atomic mass is 35.5. The first-order valence-electron chi connectivity index (χ1n) is 8.07. The van der Waals surface area contributed by atoms with Crippen molar-refractivity contribution in [2.24, 2.45) is 0 Å². The minimum atomic E-state index is -0.491. The van der Waals surface area contributed by atoms with Gasteiger partial charge in [0.15, 0.2) is 11.0 Å². The molecule has 6 nitrogen and oxygen atoms in total. The highest BCUT2D eigenvalue weighted by Crippen LogP contribution is 2.36. The summed E-state index contributed by atoms with van der Waals surface area (Å²) >= 11 is 7.48.